The molecule has 1 aliphatic heterocycles. The van der Waals surface area contributed by atoms with Crippen LogP contribution in [0.2, 0.25) is 0 Å². The standard InChI is InChI=1S/C12H16O2S2/c13-10(9-5-2-1-3-6-9)11(14)12-15-7-4-8-16-12/h1-3,5-6,10-14H,4,7-8H2/t10-,11+/m1/s1. The summed E-state index contributed by atoms with van der Waals surface area (Å²) in [5.41, 5.74) is 0.793. The van der Waals surface area contributed by atoms with E-state index in [9.17, 15) is 10.2 Å². The van der Waals surface area contributed by atoms with E-state index in [0.717, 1.165) is 17.1 Å². The fraction of sp³-hybridized carbons (Fsp3) is 0.500. The van der Waals surface area contributed by atoms with Gasteiger partial charge < -0.3 is 10.2 Å². The van der Waals surface area contributed by atoms with Gasteiger partial charge in [-0.05, 0) is 23.5 Å². The molecule has 88 valence electrons. The Morgan fingerprint density at radius 3 is 2.31 bits per heavy atom. The second-order valence-electron chi connectivity index (χ2n) is 3.81. The molecule has 1 heterocycles. The smallest absolute Gasteiger partial charge is 0.107 e. The number of thioether (sulfide) groups is 2. The van der Waals surface area contributed by atoms with Gasteiger partial charge in [-0.2, -0.15) is 0 Å². The summed E-state index contributed by atoms with van der Waals surface area (Å²) in [6, 6.07) is 9.38. The minimum atomic E-state index is -0.774. The zero-order chi connectivity index (χ0) is 11.4. The SMILES string of the molecule is O[C@H](c1ccccc1)[C@H](O)C1SCCCS1. The Hall–Kier alpha value is -0.160. The van der Waals surface area contributed by atoms with Crippen molar-refractivity contribution in [2.45, 2.75) is 23.2 Å². The van der Waals surface area contributed by atoms with Crippen LogP contribution in [0, 0.1) is 0 Å². The Bertz CT molecular complexity index is 312. The minimum absolute atomic E-state index is 0.101. The van der Waals surface area contributed by atoms with Gasteiger partial charge in [-0.15, -0.1) is 23.5 Å². The van der Waals surface area contributed by atoms with Crippen molar-refractivity contribution in [3.05, 3.63) is 35.9 Å². The minimum Gasteiger partial charge on any atom is -0.388 e. The molecule has 1 aromatic carbocycles. The summed E-state index contributed by atoms with van der Waals surface area (Å²) < 4.78 is 0.101. The van der Waals surface area contributed by atoms with Gasteiger partial charge in [-0.1, -0.05) is 30.3 Å². The Kier molecular flexibility index (Phi) is 4.58. The summed E-state index contributed by atoms with van der Waals surface area (Å²) in [7, 11) is 0. The Morgan fingerprint density at radius 2 is 1.69 bits per heavy atom. The first-order valence-electron chi connectivity index (χ1n) is 5.43. The molecule has 4 heteroatoms. The first kappa shape index (κ1) is 12.3. The molecule has 0 aliphatic carbocycles. The van der Waals surface area contributed by atoms with Crippen LogP contribution in [0.1, 0.15) is 18.1 Å². The molecular formula is C12H16O2S2. The number of hydrogen-bond acceptors (Lipinski definition) is 4. The van der Waals surface area contributed by atoms with Gasteiger partial charge in [0.2, 0.25) is 0 Å². The van der Waals surface area contributed by atoms with E-state index >= 15 is 0 Å². The van der Waals surface area contributed by atoms with Crippen LogP contribution in [0.15, 0.2) is 30.3 Å². The van der Waals surface area contributed by atoms with Crippen LogP contribution in [-0.2, 0) is 0 Å². The van der Waals surface area contributed by atoms with E-state index in [1.165, 1.54) is 6.42 Å². The molecule has 1 aliphatic rings. The number of rotatable bonds is 3. The summed E-state index contributed by atoms with van der Waals surface area (Å²) in [5, 5.41) is 20.2. The third-order valence-corrected chi connectivity index (χ3v) is 5.68. The molecule has 0 bridgehead atoms. The third-order valence-electron chi connectivity index (χ3n) is 2.60. The van der Waals surface area contributed by atoms with Crippen molar-refractivity contribution in [2.24, 2.45) is 0 Å². The topological polar surface area (TPSA) is 40.5 Å². The lowest BCUT2D eigenvalue weighted by Crippen LogP contribution is -2.30. The molecule has 0 spiro atoms. The van der Waals surface area contributed by atoms with Crippen molar-refractivity contribution in [2.75, 3.05) is 11.5 Å². The summed E-state index contributed by atoms with van der Waals surface area (Å²) in [5.74, 6) is 2.16. The van der Waals surface area contributed by atoms with Crippen LogP contribution in [0.25, 0.3) is 0 Å². The van der Waals surface area contributed by atoms with Crippen molar-refractivity contribution in [3.8, 4) is 0 Å². The van der Waals surface area contributed by atoms with Gasteiger partial charge >= 0.3 is 0 Å². The summed E-state index contributed by atoms with van der Waals surface area (Å²) in [4.78, 5) is 0. The number of benzene rings is 1. The van der Waals surface area contributed by atoms with Crippen LogP contribution in [0.3, 0.4) is 0 Å². The van der Waals surface area contributed by atoms with Crippen molar-refractivity contribution in [1.29, 1.82) is 0 Å². The normalized spacial score (nSPS) is 21.6. The maximum atomic E-state index is 10.1. The lowest BCUT2D eigenvalue weighted by molar-refractivity contribution is 0.0289. The van der Waals surface area contributed by atoms with Crippen molar-refractivity contribution in [1.82, 2.24) is 0 Å². The number of aliphatic hydroxyl groups is 2. The quantitative estimate of drug-likeness (QED) is 0.870. The maximum Gasteiger partial charge on any atom is 0.107 e. The fourth-order valence-corrected chi connectivity index (χ4v) is 4.62. The number of hydrogen-bond donors (Lipinski definition) is 2. The van der Waals surface area contributed by atoms with E-state index in [4.69, 9.17) is 0 Å². The molecule has 1 saturated heterocycles. The van der Waals surface area contributed by atoms with E-state index in [1.807, 2.05) is 30.3 Å². The first-order valence-corrected chi connectivity index (χ1v) is 7.53. The van der Waals surface area contributed by atoms with Gasteiger partial charge in [0.25, 0.3) is 0 Å². The van der Waals surface area contributed by atoms with Crippen LogP contribution < -0.4 is 0 Å². The molecular weight excluding hydrogens is 240 g/mol. The zero-order valence-corrected chi connectivity index (χ0v) is 10.6. The van der Waals surface area contributed by atoms with Crippen molar-refractivity contribution in [3.63, 3.8) is 0 Å². The molecule has 1 fully saturated rings. The van der Waals surface area contributed by atoms with Gasteiger partial charge in [0.1, 0.15) is 12.2 Å². The van der Waals surface area contributed by atoms with Gasteiger partial charge in [0.05, 0.1) is 4.58 Å². The molecule has 2 atom stereocenters. The molecule has 0 unspecified atom stereocenters. The molecule has 0 radical (unpaired) electrons. The van der Waals surface area contributed by atoms with E-state index in [1.54, 1.807) is 23.5 Å². The van der Waals surface area contributed by atoms with Gasteiger partial charge in [0.15, 0.2) is 0 Å². The molecule has 16 heavy (non-hydrogen) atoms. The monoisotopic (exact) mass is 256 g/mol. The Morgan fingerprint density at radius 1 is 1.06 bits per heavy atom. The van der Waals surface area contributed by atoms with Crippen LogP contribution >= 0.6 is 23.5 Å². The zero-order valence-electron chi connectivity index (χ0n) is 8.95. The molecule has 0 saturated carbocycles. The predicted octanol–water partition coefficient (Wildman–Crippen LogP) is 2.28. The molecule has 1 aromatic rings. The summed E-state index contributed by atoms with van der Waals surface area (Å²) in [6.45, 7) is 0. The lowest BCUT2D eigenvalue weighted by Gasteiger charge is -2.28. The van der Waals surface area contributed by atoms with Crippen molar-refractivity contribution < 1.29 is 10.2 Å². The second-order valence-corrected chi connectivity index (χ2v) is 6.61. The van der Waals surface area contributed by atoms with E-state index in [0.29, 0.717) is 0 Å². The Balaban J connectivity index is 2.00. The van der Waals surface area contributed by atoms with Gasteiger partial charge in [-0.25, -0.2) is 0 Å². The van der Waals surface area contributed by atoms with Crippen LogP contribution in [-0.4, -0.2) is 32.4 Å². The van der Waals surface area contributed by atoms with Crippen LogP contribution in [0.5, 0.6) is 0 Å². The van der Waals surface area contributed by atoms with E-state index in [2.05, 4.69) is 0 Å². The largest absolute Gasteiger partial charge is 0.388 e. The second kappa shape index (κ2) is 5.96. The Labute approximate surface area is 104 Å². The highest BCUT2D eigenvalue weighted by Gasteiger charge is 2.29. The summed E-state index contributed by atoms with van der Waals surface area (Å²) in [6.07, 6.45) is -0.262. The summed E-state index contributed by atoms with van der Waals surface area (Å²) >= 11 is 3.49. The molecule has 2 N–H and O–H groups in total. The lowest BCUT2D eigenvalue weighted by atomic mass is 10.1. The van der Waals surface area contributed by atoms with Gasteiger partial charge in [0, 0.05) is 0 Å². The van der Waals surface area contributed by atoms with E-state index < -0.39 is 12.2 Å². The molecule has 2 rings (SSSR count). The molecule has 2 nitrogen and oxygen atoms in total. The average molecular weight is 256 g/mol. The first-order chi connectivity index (χ1) is 7.79. The highest BCUT2D eigenvalue weighted by molar-refractivity contribution is 8.17. The fourth-order valence-electron chi connectivity index (χ4n) is 1.70. The average Bonchev–Trinajstić information content (AvgIpc) is 2.39. The third kappa shape index (κ3) is 2.94. The highest BCUT2D eigenvalue weighted by atomic mass is 32.2. The predicted molar refractivity (Wildman–Crippen MR) is 70.7 cm³/mol. The maximum absolute atomic E-state index is 10.1. The number of aliphatic hydroxyl groups excluding tert-OH is 2. The molecule has 0 amide bonds. The molecule has 0 aromatic heterocycles. The van der Waals surface area contributed by atoms with Crippen molar-refractivity contribution >= 4 is 23.5 Å². The van der Waals surface area contributed by atoms with Crippen LogP contribution in [0.4, 0.5) is 0 Å². The van der Waals surface area contributed by atoms with Gasteiger partial charge in [-0.3, -0.25) is 0 Å². The van der Waals surface area contributed by atoms with E-state index in [-0.39, 0.29) is 4.58 Å². The highest BCUT2D eigenvalue weighted by Crippen LogP contribution is 2.36.